The summed E-state index contributed by atoms with van der Waals surface area (Å²) in [5, 5.41) is 14.0. The van der Waals surface area contributed by atoms with Gasteiger partial charge in [-0.2, -0.15) is 5.26 Å². The van der Waals surface area contributed by atoms with Crippen LogP contribution in [0.5, 0.6) is 5.75 Å². The van der Waals surface area contributed by atoms with Gasteiger partial charge in [0.15, 0.2) is 0 Å². The van der Waals surface area contributed by atoms with E-state index in [2.05, 4.69) is 10.6 Å². The van der Waals surface area contributed by atoms with Crippen molar-refractivity contribution in [3.8, 4) is 11.8 Å². The first-order valence-corrected chi connectivity index (χ1v) is 7.02. The Hall–Kier alpha value is -3.07. The van der Waals surface area contributed by atoms with Crippen LogP contribution in [0.4, 0.5) is 14.9 Å². The zero-order chi connectivity index (χ0) is 16.7. The van der Waals surface area contributed by atoms with Crippen LogP contribution < -0.4 is 15.4 Å². The smallest absolute Gasteiger partial charge is 0.319 e. The van der Waals surface area contributed by atoms with Crippen molar-refractivity contribution in [1.82, 2.24) is 5.32 Å². The summed E-state index contributed by atoms with van der Waals surface area (Å²) in [6.45, 7) is 2.59. The normalized spacial score (nSPS) is 9.78. The van der Waals surface area contributed by atoms with Gasteiger partial charge < -0.3 is 15.4 Å². The van der Waals surface area contributed by atoms with Gasteiger partial charge in [0.05, 0.1) is 17.8 Å². The molecule has 2 aromatic carbocycles. The van der Waals surface area contributed by atoms with Gasteiger partial charge in [0.25, 0.3) is 0 Å². The Bertz CT molecular complexity index is 724. The molecule has 5 nitrogen and oxygen atoms in total. The number of hydrogen-bond acceptors (Lipinski definition) is 3. The second-order valence-corrected chi connectivity index (χ2v) is 4.84. The first-order chi connectivity index (χ1) is 11.1. The van der Waals surface area contributed by atoms with Gasteiger partial charge in [0.1, 0.15) is 24.2 Å². The molecule has 2 N–H and O–H groups in total. The molecule has 2 rings (SSSR count). The monoisotopic (exact) mass is 313 g/mol. The number of nitriles is 1. The minimum Gasteiger partial charge on any atom is -0.492 e. The topological polar surface area (TPSA) is 74.2 Å². The van der Waals surface area contributed by atoms with E-state index in [9.17, 15) is 9.18 Å². The predicted molar refractivity (Wildman–Crippen MR) is 84.8 cm³/mol. The minimum atomic E-state index is -0.529. The van der Waals surface area contributed by atoms with E-state index >= 15 is 0 Å². The number of anilines is 1. The number of urea groups is 1. The molecule has 118 valence electrons. The molecule has 0 aromatic heterocycles. The second kappa shape index (κ2) is 7.80. The number of carbonyl (C=O) groups is 1. The molecular weight excluding hydrogens is 297 g/mol. The summed E-state index contributed by atoms with van der Waals surface area (Å²) >= 11 is 0. The van der Waals surface area contributed by atoms with Crippen LogP contribution in [0, 0.1) is 24.1 Å². The highest BCUT2D eigenvalue weighted by Crippen LogP contribution is 2.15. The lowest BCUT2D eigenvalue weighted by molar-refractivity contribution is 0.247. The zero-order valence-electron chi connectivity index (χ0n) is 12.6. The predicted octanol–water partition coefficient (Wildman–Crippen LogP) is 3.21. The second-order valence-electron chi connectivity index (χ2n) is 4.84. The molecule has 0 aliphatic carbocycles. The van der Waals surface area contributed by atoms with Gasteiger partial charge in [0.2, 0.25) is 0 Å². The lowest BCUT2D eigenvalue weighted by Gasteiger charge is -2.10. The molecule has 0 saturated heterocycles. The van der Waals surface area contributed by atoms with E-state index in [1.54, 1.807) is 0 Å². The molecule has 0 aliphatic rings. The van der Waals surface area contributed by atoms with Crippen molar-refractivity contribution >= 4 is 11.7 Å². The number of nitrogens with one attached hydrogen (secondary N) is 2. The summed E-state index contributed by atoms with van der Waals surface area (Å²) in [4.78, 5) is 11.7. The molecule has 0 bridgehead atoms. The lowest BCUT2D eigenvalue weighted by Crippen LogP contribution is -2.32. The molecule has 0 aliphatic heterocycles. The highest BCUT2D eigenvalue weighted by atomic mass is 19.1. The van der Waals surface area contributed by atoms with Crippen LogP contribution in [0.2, 0.25) is 0 Å². The van der Waals surface area contributed by atoms with Crippen molar-refractivity contribution in [2.24, 2.45) is 0 Å². The zero-order valence-corrected chi connectivity index (χ0v) is 12.6. The van der Waals surface area contributed by atoms with Gasteiger partial charge in [-0.3, -0.25) is 0 Å². The van der Waals surface area contributed by atoms with Gasteiger partial charge in [-0.1, -0.05) is 17.7 Å². The summed E-state index contributed by atoms with van der Waals surface area (Å²) < 4.78 is 18.5. The van der Waals surface area contributed by atoms with Crippen LogP contribution in [0.15, 0.2) is 42.5 Å². The minimum absolute atomic E-state index is 0.0658. The maximum Gasteiger partial charge on any atom is 0.319 e. The van der Waals surface area contributed by atoms with Crippen LogP contribution in [-0.4, -0.2) is 19.2 Å². The molecule has 0 saturated carbocycles. The number of nitrogens with zero attached hydrogens (tertiary/aromatic N) is 1. The first-order valence-electron chi connectivity index (χ1n) is 7.02. The molecule has 6 heteroatoms. The van der Waals surface area contributed by atoms with Gasteiger partial charge >= 0.3 is 6.03 Å². The largest absolute Gasteiger partial charge is 0.492 e. The molecule has 0 unspecified atom stereocenters. The van der Waals surface area contributed by atoms with Crippen molar-refractivity contribution in [1.29, 1.82) is 5.26 Å². The van der Waals surface area contributed by atoms with E-state index in [1.807, 2.05) is 37.3 Å². The van der Waals surface area contributed by atoms with Crippen molar-refractivity contribution in [2.45, 2.75) is 6.92 Å². The fourth-order valence-corrected chi connectivity index (χ4v) is 1.85. The number of ether oxygens (including phenoxy) is 1. The van der Waals surface area contributed by atoms with E-state index < -0.39 is 11.8 Å². The highest BCUT2D eigenvalue weighted by molar-refractivity contribution is 5.90. The third-order valence-corrected chi connectivity index (χ3v) is 3.03. The third-order valence-electron chi connectivity index (χ3n) is 3.03. The number of hydrogen-bond donors (Lipinski definition) is 2. The SMILES string of the molecule is Cc1ccc(OCCNC(=O)Nc2ccc(F)cc2C#N)cc1. The molecule has 0 spiro atoms. The number of benzene rings is 2. The Morgan fingerprint density at radius 1 is 1.26 bits per heavy atom. The Balaban J connectivity index is 1.77. The van der Waals surface area contributed by atoms with Crippen LogP contribution in [0.1, 0.15) is 11.1 Å². The van der Waals surface area contributed by atoms with Gasteiger partial charge in [-0.05, 0) is 37.3 Å². The number of carbonyl (C=O) groups excluding carboxylic acids is 1. The van der Waals surface area contributed by atoms with Gasteiger partial charge in [-0.25, -0.2) is 9.18 Å². The average Bonchev–Trinajstić information content (AvgIpc) is 2.55. The summed E-state index contributed by atoms with van der Waals surface area (Å²) in [7, 11) is 0. The van der Waals surface area contributed by atoms with Gasteiger partial charge in [0, 0.05) is 0 Å². The summed E-state index contributed by atoms with van der Waals surface area (Å²) in [6.07, 6.45) is 0. The van der Waals surface area contributed by atoms with E-state index in [0.717, 1.165) is 17.4 Å². The van der Waals surface area contributed by atoms with Crippen molar-refractivity contribution in [2.75, 3.05) is 18.5 Å². The van der Waals surface area contributed by atoms with E-state index in [4.69, 9.17) is 10.00 Å². The summed E-state index contributed by atoms with van der Waals surface area (Å²) in [5.74, 6) is 0.196. The quantitative estimate of drug-likeness (QED) is 0.832. The number of rotatable bonds is 5. The highest BCUT2D eigenvalue weighted by Gasteiger charge is 2.07. The fourth-order valence-electron chi connectivity index (χ4n) is 1.85. The average molecular weight is 313 g/mol. The fraction of sp³-hybridized carbons (Fsp3) is 0.176. The van der Waals surface area contributed by atoms with Crippen LogP contribution >= 0.6 is 0 Å². The summed E-state index contributed by atoms with van der Waals surface area (Å²) in [6, 6.07) is 12.5. The van der Waals surface area contributed by atoms with Crippen LogP contribution in [0.3, 0.4) is 0 Å². The maximum atomic E-state index is 13.0. The first kappa shape index (κ1) is 16.3. The molecule has 2 amide bonds. The van der Waals surface area contributed by atoms with Crippen LogP contribution in [0.25, 0.3) is 0 Å². The molecule has 0 radical (unpaired) electrons. The Kier molecular flexibility index (Phi) is 5.53. The number of halogens is 1. The van der Waals surface area contributed by atoms with Gasteiger partial charge in [-0.15, -0.1) is 0 Å². The number of amides is 2. The molecule has 23 heavy (non-hydrogen) atoms. The molecule has 0 atom stereocenters. The Morgan fingerprint density at radius 3 is 2.70 bits per heavy atom. The maximum absolute atomic E-state index is 13.0. The van der Waals surface area contributed by atoms with E-state index in [1.165, 1.54) is 12.1 Å². The van der Waals surface area contributed by atoms with Crippen LogP contribution in [-0.2, 0) is 0 Å². The molecule has 2 aromatic rings. The van der Waals surface area contributed by atoms with E-state index in [-0.39, 0.29) is 11.3 Å². The standard InChI is InChI=1S/C17H16FN3O2/c1-12-2-5-15(6-3-12)23-9-8-20-17(22)21-16-7-4-14(18)10-13(16)11-19/h2-7,10H,8-9H2,1H3,(H2,20,21,22). The number of aryl methyl sites for hydroxylation is 1. The Labute approximate surface area is 133 Å². The Morgan fingerprint density at radius 2 is 2.00 bits per heavy atom. The molecular formula is C17H16FN3O2. The van der Waals surface area contributed by atoms with E-state index in [0.29, 0.717) is 13.2 Å². The van der Waals surface area contributed by atoms with Crippen molar-refractivity contribution < 1.29 is 13.9 Å². The third kappa shape index (κ3) is 5.00. The summed E-state index contributed by atoms with van der Waals surface area (Å²) in [5.41, 5.74) is 1.46. The van der Waals surface area contributed by atoms with Crippen molar-refractivity contribution in [3.63, 3.8) is 0 Å². The van der Waals surface area contributed by atoms with Crippen molar-refractivity contribution in [3.05, 3.63) is 59.4 Å². The lowest BCUT2D eigenvalue weighted by atomic mass is 10.2. The molecule has 0 fully saturated rings. The molecule has 0 heterocycles.